The number of benzene rings is 1. The summed E-state index contributed by atoms with van der Waals surface area (Å²) in [7, 11) is 0. The highest BCUT2D eigenvalue weighted by atomic mass is 16.2. The topological polar surface area (TPSA) is 61.4 Å². The summed E-state index contributed by atoms with van der Waals surface area (Å²) >= 11 is 0. The number of likely N-dealkylation sites (tertiary alicyclic amines) is 1. The second-order valence-corrected chi connectivity index (χ2v) is 12.1. The summed E-state index contributed by atoms with van der Waals surface area (Å²) in [5, 5.41) is 6.14. The summed E-state index contributed by atoms with van der Waals surface area (Å²) < 4.78 is 0. The van der Waals surface area contributed by atoms with Gasteiger partial charge in [-0.05, 0) is 111 Å². The van der Waals surface area contributed by atoms with Gasteiger partial charge in [-0.3, -0.25) is 14.5 Å². The minimum atomic E-state index is -0.521. The Morgan fingerprint density at radius 2 is 1.65 bits per heavy atom. The van der Waals surface area contributed by atoms with E-state index in [1.54, 1.807) is 0 Å². The predicted octanol–water partition coefficient (Wildman–Crippen LogP) is 4.51. The highest BCUT2D eigenvalue weighted by Gasteiger charge is 2.51. The monoisotopic (exact) mass is 465 g/mol. The minimum Gasteiger partial charge on any atom is -0.353 e. The summed E-state index contributed by atoms with van der Waals surface area (Å²) in [6, 6.07) is 8.26. The second-order valence-electron chi connectivity index (χ2n) is 12.1. The van der Waals surface area contributed by atoms with Gasteiger partial charge in [0.1, 0.15) is 6.04 Å². The number of hydrogen-bond acceptors (Lipinski definition) is 3. The van der Waals surface area contributed by atoms with Gasteiger partial charge < -0.3 is 10.6 Å². The quantitative estimate of drug-likeness (QED) is 0.594. The van der Waals surface area contributed by atoms with Gasteiger partial charge in [0.25, 0.3) is 5.91 Å². The molecule has 0 spiro atoms. The standard InChI is InChI=1S/C29H43N3O2/c1-4-32-11-5-6-25(32)18-30-28(34)26(19(2)3)31-27(33)23-7-9-24(10-8-23)29-15-20-12-21(16-29)14-22(13-20)17-29/h7-10,19-22,25-26H,4-6,11-18H2,1-3H3,(H,30,34)(H,31,33)/t20?,21?,22?,25-,26-,29?/m0/s1. The molecule has 0 unspecified atom stereocenters. The van der Waals surface area contributed by atoms with Crippen LogP contribution >= 0.6 is 0 Å². The summed E-state index contributed by atoms with van der Waals surface area (Å²) in [6.45, 7) is 8.95. The van der Waals surface area contributed by atoms with E-state index in [2.05, 4.69) is 34.6 Å². The fourth-order valence-electron chi connectivity index (χ4n) is 8.07. The summed E-state index contributed by atoms with van der Waals surface area (Å²) in [5.41, 5.74) is 2.43. The third-order valence-corrected chi connectivity index (χ3v) is 9.45. The molecule has 1 heterocycles. The van der Waals surface area contributed by atoms with E-state index in [0.717, 1.165) is 37.3 Å². The van der Waals surface area contributed by atoms with Crippen LogP contribution in [0.2, 0.25) is 0 Å². The molecule has 5 aliphatic rings. The molecule has 4 aliphatic carbocycles. The second kappa shape index (κ2) is 9.64. The zero-order valence-corrected chi connectivity index (χ0v) is 21.3. The normalized spacial score (nSPS) is 33.3. The van der Waals surface area contributed by atoms with Gasteiger partial charge >= 0.3 is 0 Å². The maximum Gasteiger partial charge on any atom is 0.251 e. The fourth-order valence-corrected chi connectivity index (χ4v) is 8.07. The van der Waals surface area contributed by atoms with Crippen LogP contribution in [-0.4, -0.2) is 48.4 Å². The van der Waals surface area contributed by atoms with Crippen molar-refractivity contribution in [3.8, 4) is 0 Å². The Morgan fingerprint density at radius 1 is 1.03 bits per heavy atom. The van der Waals surface area contributed by atoms with E-state index >= 15 is 0 Å². The number of rotatable bonds is 8. The van der Waals surface area contributed by atoms with Crippen molar-refractivity contribution in [1.82, 2.24) is 15.5 Å². The van der Waals surface area contributed by atoms with Crippen molar-refractivity contribution in [3.05, 3.63) is 35.4 Å². The molecule has 186 valence electrons. The number of amides is 2. The van der Waals surface area contributed by atoms with Gasteiger partial charge in [0.05, 0.1) is 0 Å². The molecule has 2 amide bonds. The van der Waals surface area contributed by atoms with E-state index in [1.807, 2.05) is 26.0 Å². The van der Waals surface area contributed by atoms with Crippen molar-refractivity contribution in [1.29, 1.82) is 0 Å². The summed E-state index contributed by atoms with van der Waals surface area (Å²) in [5.74, 6) is 2.54. The maximum absolute atomic E-state index is 13.1. The molecule has 1 saturated heterocycles. The van der Waals surface area contributed by atoms with E-state index in [4.69, 9.17) is 0 Å². The Kier molecular flexibility index (Phi) is 6.76. The third kappa shape index (κ3) is 4.65. The number of carbonyl (C=O) groups excluding carboxylic acids is 2. The number of carbonyl (C=O) groups is 2. The lowest BCUT2D eigenvalue weighted by molar-refractivity contribution is -0.124. The van der Waals surface area contributed by atoms with Gasteiger partial charge in [0.2, 0.25) is 5.91 Å². The van der Waals surface area contributed by atoms with E-state index in [-0.39, 0.29) is 17.7 Å². The van der Waals surface area contributed by atoms with Gasteiger partial charge in [-0.25, -0.2) is 0 Å². The number of nitrogens with one attached hydrogen (secondary N) is 2. The average molecular weight is 466 g/mol. The number of nitrogens with zero attached hydrogens (tertiary/aromatic N) is 1. The minimum absolute atomic E-state index is 0.0288. The maximum atomic E-state index is 13.1. The van der Waals surface area contributed by atoms with Crippen molar-refractivity contribution in [2.24, 2.45) is 23.7 Å². The van der Waals surface area contributed by atoms with Crippen LogP contribution in [0.4, 0.5) is 0 Å². The molecule has 0 aromatic heterocycles. The van der Waals surface area contributed by atoms with Crippen molar-refractivity contribution in [2.45, 2.75) is 89.6 Å². The van der Waals surface area contributed by atoms with Crippen LogP contribution < -0.4 is 10.6 Å². The molecular weight excluding hydrogens is 422 g/mol. The van der Waals surface area contributed by atoms with Crippen LogP contribution in [0.3, 0.4) is 0 Å². The van der Waals surface area contributed by atoms with Crippen LogP contribution in [0.5, 0.6) is 0 Å². The lowest BCUT2D eigenvalue weighted by atomic mass is 9.48. The van der Waals surface area contributed by atoms with Crippen molar-refractivity contribution in [3.63, 3.8) is 0 Å². The summed E-state index contributed by atoms with van der Waals surface area (Å²) in [4.78, 5) is 28.5. The van der Waals surface area contributed by atoms with Crippen molar-refractivity contribution >= 4 is 11.8 Å². The molecule has 2 atom stereocenters. The SMILES string of the molecule is CCN1CCC[C@H]1CNC(=O)[C@@H](NC(=O)c1ccc(C23CC4CC(CC(C4)C2)C3)cc1)C(C)C. The predicted molar refractivity (Wildman–Crippen MR) is 136 cm³/mol. The van der Waals surface area contributed by atoms with Crippen molar-refractivity contribution < 1.29 is 9.59 Å². The van der Waals surface area contributed by atoms with Gasteiger partial charge in [-0.2, -0.15) is 0 Å². The van der Waals surface area contributed by atoms with Crippen LogP contribution in [-0.2, 0) is 10.2 Å². The molecule has 1 aromatic carbocycles. The molecule has 5 heteroatoms. The lowest BCUT2D eigenvalue weighted by Gasteiger charge is -2.57. The number of likely N-dealkylation sites (N-methyl/N-ethyl adjacent to an activating group) is 1. The van der Waals surface area contributed by atoms with Gasteiger partial charge in [0, 0.05) is 18.2 Å². The smallest absolute Gasteiger partial charge is 0.251 e. The third-order valence-electron chi connectivity index (χ3n) is 9.45. The molecule has 1 aromatic rings. The lowest BCUT2D eigenvalue weighted by Crippen LogP contribution is -2.52. The van der Waals surface area contributed by atoms with Crippen LogP contribution in [0.25, 0.3) is 0 Å². The van der Waals surface area contributed by atoms with E-state index in [1.165, 1.54) is 50.5 Å². The zero-order valence-electron chi connectivity index (χ0n) is 21.3. The Morgan fingerprint density at radius 3 is 2.21 bits per heavy atom. The van der Waals surface area contributed by atoms with Crippen LogP contribution in [0.15, 0.2) is 24.3 Å². The Bertz CT molecular complexity index is 858. The Balaban J connectivity index is 1.21. The first-order chi connectivity index (χ1) is 16.4. The summed E-state index contributed by atoms with van der Waals surface area (Å²) in [6.07, 6.45) is 10.6. The van der Waals surface area contributed by atoms with Crippen LogP contribution in [0.1, 0.15) is 88.1 Å². The van der Waals surface area contributed by atoms with E-state index < -0.39 is 6.04 Å². The first kappa shape index (κ1) is 23.8. The first-order valence-corrected chi connectivity index (χ1v) is 13.8. The largest absolute Gasteiger partial charge is 0.353 e. The van der Waals surface area contributed by atoms with E-state index in [9.17, 15) is 9.59 Å². The molecule has 2 N–H and O–H groups in total. The zero-order chi connectivity index (χ0) is 23.9. The molecule has 5 nitrogen and oxygen atoms in total. The highest BCUT2D eigenvalue weighted by molar-refractivity contribution is 5.97. The Labute approximate surface area is 205 Å². The van der Waals surface area contributed by atoms with Gasteiger partial charge in [-0.15, -0.1) is 0 Å². The number of hydrogen-bond donors (Lipinski definition) is 2. The first-order valence-electron chi connectivity index (χ1n) is 13.8. The van der Waals surface area contributed by atoms with Crippen molar-refractivity contribution in [2.75, 3.05) is 19.6 Å². The highest BCUT2D eigenvalue weighted by Crippen LogP contribution is 2.60. The molecule has 1 aliphatic heterocycles. The molecule has 4 bridgehead atoms. The van der Waals surface area contributed by atoms with Crippen LogP contribution in [0, 0.1) is 23.7 Å². The molecule has 34 heavy (non-hydrogen) atoms. The fraction of sp³-hybridized carbons (Fsp3) is 0.724. The molecule has 6 rings (SSSR count). The molecular formula is C29H43N3O2. The molecule has 0 radical (unpaired) electrons. The molecule has 5 fully saturated rings. The van der Waals surface area contributed by atoms with E-state index in [0.29, 0.717) is 23.6 Å². The average Bonchev–Trinajstić information content (AvgIpc) is 3.27. The Hall–Kier alpha value is -1.88. The van der Waals surface area contributed by atoms with Gasteiger partial charge in [0.15, 0.2) is 0 Å². The molecule has 4 saturated carbocycles. The van der Waals surface area contributed by atoms with Gasteiger partial charge in [-0.1, -0.05) is 32.9 Å².